The summed E-state index contributed by atoms with van der Waals surface area (Å²) in [6, 6.07) is 0. The molecule has 0 spiro atoms. The van der Waals surface area contributed by atoms with Gasteiger partial charge in [-0.25, -0.2) is 0 Å². The third kappa shape index (κ3) is 38.1. The van der Waals surface area contributed by atoms with Gasteiger partial charge in [-0.3, -0.25) is 9.59 Å². The molecule has 0 aromatic heterocycles. The van der Waals surface area contributed by atoms with Crippen LogP contribution in [-0.2, 0) is 19.1 Å². The number of carbonyl (C=O) groups is 2. The number of unbranched alkanes of at least 4 members (excludes halogenated alkanes) is 17. The third-order valence-corrected chi connectivity index (χ3v) is 11.6. The molecular weight excluding hydrogens is 687 g/mol. The van der Waals surface area contributed by atoms with Gasteiger partial charge in [0.05, 0.1) is 19.3 Å². The number of esters is 2. The van der Waals surface area contributed by atoms with Crippen molar-refractivity contribution >= 4 is 11.9 Å². The van der Waals surface area contributed by atoms with E-state index in [2.05, 4.69) is 32.6 Å². The second kappa shape index (κ2) is 42.4. The van der Waals surface area contributed by atoms with E-state index in [9.17, 15) is 19.8 Å². The maximum atomic E-state index is 12.5. The summed E-state index contributed by atoms with van der Waals surface area (Å²) in [5.74, 6) is 1.24. The molecule has 3 atom stereocenters. The number of aliphatic hydroxyl groups excluding tert-OH is 2. The standard InChI is InChI=1S/C48H95NO6/c1-5-9-13-16-22-32-45(30-20-11-7-3)37-42-55-48(53)35-25-24-33-46(51)43-49(39-27-19-28-40-50)38-26-18-15-17-23-34-47(52)54-41-36-44(29-12-8-4)31-21-14-10-6-2/h44-46,50-51H,5-43H2,1-4H3. The van der Waals surface area contributed by atoms with Crippen LogP contribution in [0.15, 0.2) is 0 Å². The van der Waals surface area contributed by atoms with Crippen LogP contribution in [0.25, 0.3) is 0 Å². The number of hydrogen-bond donors (Lipinski definition) is 2. The number of rotatable bonds is 44. The lowest BCUT2D eigenvalue weighted by Crippen LogP contribution is -2.34. The molecule has 0 aliphatic rings. The van der Waals surface area contributed by atoms with Gasteiger partial charge in [0.2, 0.25) is 0 Å². The van der Waals surface area contributed by atoms with Crippen molar-refractivity contribution in [2.24, 2.45) is 11.8 Å². The summed E-state index contributed by atoms with van der Waals surface area (Å²) in [5, 5.41) is 20.1. The predicted octanol–water partition coefficient (Wildman–Crippen LogP) is 12.9. The van der Waals surface area contributed by atoms with Crippen molar-refractivity contribution in [3.05, 3.63) is 0 Å². The molecule has 3 unspecified atom stereocenters. The molecular formula is C48H95NO6. The third-order valence-electron chi connectivity index (χ3n) is 11.6. The molecule has 0 rings (SSSR count). The highest BCUT2D eigenvalue weighted by Gasteiger charge is 2.14. The van der Waals surface area contributed by atoms with Crippen LogP contribution in [0.3, 0.4) is 0 Å². The fourth-order valence-corrected chi connectivity index (χ4v) is 7.85. The first-order valence-corrected chi connectivity index (χ1v) is 24.2. The molecule has 328 valence electrons. The Bertz CT molecular complexity index is 809. The summed E-state index contributed by atoms with van der Waals surface area (Å²) < 4.78 is 11.3. The Hall–Kier alpha value is -1.18. The van der Waals surface area contributed by atoms with E-state index >= 15 is 0 Å². The summed E-state index contributed by atoms with van der Waals surface area (Å²) in [4.78, 5) is 27.2. The van der Waals surface area contributed by atoms with E-state index in [1.807, 2.05) is 0 Å². The summed E-state index contributed by atoms with van der Waals surface area (Å²) >= 11 is 0. The van der Waals surface area contributed by atoms with E-state index in [1.54, 1.807) is 0 Å². The fourth-order valence-electron chi connectivity index (χ4n) is 7.85. The van der Waals surface area contributed by atoms with Crippen LogP contribution in [0.1, 0.15) is 240 Å². The molecule has 0 saturated carbocycles. The van der Waals surface area contributed by atoms with Crippen LogP contribution in [0, 0.1) is 11.8 Å². The van der Waals surface area contributed by atoms with Crippen molar-refractivity contribution in [1.82, 2.24) is 4.90 Å². The Morgan fingerprint density at radius 2 is 0.836 bits per heavy atom. The van der Waals surface area contributed by atoms with E-state index in [-0.39, 0.29) is 18.5 Å². The zero-order valence-electron chi connectivity index (χ0n) is 37.3. The predicted molar refractivity (Wildman–Crippen MR) is 233 cm³/mol. The first kappa shape index (κ1) is 53.8. The van der Waals surface area contributed by atoms with Gasteiger partial charge in [0, 0.05) is 26.0 Å². The van der Waals surface area contributed by atoms with Crippen LogP contribution in [0.5, 0.6) is 0 Å². The Morgan fingerprint density at radius 1 is 0.455 bits per heavy atom. The molecule has 55 heavy (non-hydrogen) atoms. The second-order valence-corrected chi connectivity index (χ2v) is 16.9. The van der Waals surface area contributed by atoms with E-state index in [4.69, 9.17) is 9.47 Å². The van der Waals surface area contributed by atoms with Gasteiger partial charge in [0.1, 0.15) is 0 Å². The second-order valence-electron chi connectivity index (χ2n) is 16.9. The van der Waals surface area contributed by atoms with E-state index in [1.165, 1.54) is 116 Å². The van der Waals surface area contributed by atoms with Crippen LogP contribution < -0.4 is 0 Å². The molecule has 0 amide bonds. The molecule has 0 aromatic carbocycles. The summed E-state index contributed by atoms with van der Waals surface area (Å²) in [5.41, 5.74) is 0. The van der Waals surface area contributed by atoms with E-state index in [0.29, 0.717) is 50.9 Å². The minimum Gasteiger partial charge on any atom is -0.466 e. The van der Waals surface area contributed by atoms with Gasteiger partial charge in [-0.2, -0.15) is 0 Å². The first-order valence-electron chi connectivity index (χ1n) is 24.2. The minimum absolute atomic E-state index is 0.0368. The van der Waals surface area contributed by atoms with Gasteiger partial charge < -0.3 is 24.6 Å². The van der Waals surface area contributed by atoms with Crippen molar-refractivity contribution in [3.63, 3.8) is 0 Å². The van der Waals surface area contributed by atoms with Crippen LogP contribution in [-0.4, -0.2) is 72.6 Å². The first-order chi connectivity index (χ1) is 26.9. The molecule has 7 nitrogen and oxygen atoms in total. The van der Waals surface area contributed by atoms with Crippen molar-refractivity contribution in [2.45, 2.75) is 246 Å². The summed E-state index contributed by atoms with van der Waals surface area (Å²) in [7, 11) is 0. The highest BCUT2D eigenvalue weighted by molar-refractivity contribution is 5.69. The average Bonchev–Trinajstić information content (AvgIpc) is 3.17. The maximum Gasteiger partial charge on any atom is 0.305 e. The van der Waals surface area contributed by atoms with Gasteiger partial charge in [0.25, 0.3) is 0 Å². The largest absolute Gasteiger partial charge is 0.466 e. The van der Waals surface area contributed by atoms with Gasteiger partial charge >= 0.3 is 11.9 Å². The molecule has 0 fully saturated rings. The van der Waals surface area contributed by atoms with Crippen LogP contribution >= 0.6 is 0 Å². The molecule has 7 heteroatoms. The van der Waals surface area contributed by atoms with Crippen LogP contribution in [0.2, 0.25) is 0 Å². The molecule has 0 aromatic rings. The Balaban J connectivity index is 4.29. The lowest BCUT2D eigenvalue weighted by atomic mass is 9.92. The summed E-state index contributed by atoms with van der Waals surface area (Å²) in [6.07, 6.45) is 36.1. The van der Waals surface area contributed by atoms with Gasteiger partial charge in [0.15, 0.2) is 0 Å². The average molecular weight is 782 g/mol. The van der Waals surface area contributed by atoms with Gasteiger partial charge in [-0.15, -0.1) is 0 Å². The highest BCUT2D eigenvalue weighted by Crippen LogP contribution is 2.23. The SMILES string of the molecule is CCCCCCCC(CCCCC)CCOC(=O)CCCCC(O)CN(CCCCCO)CCCCCCCC(=O)OCCC(CCCC)CCCCCC. The monoisotopic (exact) mass is 782 g/mol. The quantitative estimate of drug-likeness (QED) is 0.0469. The molecule has 0 aliphatic carbocycles. The maximum absolute atomic E-state index is 12.5. The van der Waals surface area contributed by atoms with E-state index in [0.717, 1.165) is 90.1 Å². The highest BCUT2D eigenvalue weighted by atomic mass is 16.5. The Labute approximate surface area is 342 Å². The molecule has 0 saturated heterocycles. The lowest BCUT2D eigenvalue weighted by molar-refractivity contribution is -0.145. The zero-order valence-corrected chi connectivity index (χ0v) is 37.3. The molecule has 0 radical (unpaired) electrons. The van der Waals surface area contributed by atoms with Crippen molar-refractivity contribution in [2.75, 3.05) is 39.5 Å². The van der Waals surface area contributed by atoms with Crippen molar-refractivity contribution in [1.29, 1.82) is 0 Å². The number of ether oxygens (including phenoxy) is 2. The smallest absolute Gasteiger partial charge is 0.305 e. The number of aliphatic hydroxyl groups is 2. The van der Waals surface area contributed by atoms with Gasteiger partial charge in [-0.1, -0.05) is 169 Å². The van der Waals surface area contributed by atoms with E-state index < -0.39 is 6.10 Å². The molecule has 0 bridgehead atoms. The number of nitrogens with zero attached hydrogens (tertiary/aromatic N) is 1. The summed E-state index contributed by atoms with van der Waals surface area (Å²) in [6.45, 7) is 12.9. The zero-order chi connectivity index (χ0) is 40.5. The Morgan fingerprint density at radius 3 is 1.38 bits per heavy atom. The van der Waals surface area contributed by atoms with Crippen molar-refractivity contribution < 1.29 is 29.3 Å². The molecule has 2 N–H and O–H groups in total. The minimum atomic E-state index is -0.399. The normalized spacial score (nSPS) is 13.3. The number of carbonyl (C=O) groups excluding carboxylic acids is 2. The molecule has 0 heterocycles. The lowest BCUT2D eigenvalue weighted by Gasteiger charge is -2.25. The fraction of sp³-hybridized carbons (Fsp3) is 0.958. The molecule has 0 aliphatic heterocycles. The van der Waals surface area contributed by atoms with Crippen molar-refractivity contribution in [3.8, 4) is 0 Å². The van der Waals surface area contributed by atoms with Crippen LogP contribution in [0.4, 0.5) is 0 Å². The van der Waals surface area contributed by atoms with Gasteiger partial charge in [-0.05, 0) is 82.7 Å². The topological polar surface area (TPSA) is 96.3 Å². The Kier molecular flexibility index (Phi) is 41.5. The number of hydrogen-bond acceptors (Lipinski definition) is 7.